The molecule has 12 nitrogen and oxygen atoms in total. The predicted molar refractivity (Wildman–Crippen MR) is 184 cm³/mol. The Morgan fingerprint density at radius 3 is 2.20 bits per heavy atom. The molecule has 0 spiro atoms. The molecule has 3 aromatic heterocycles. The fourth-order valence-electron chi connectivity index (χ4n) is 4.78. The number of carbonyl (C=O) groups is 3. The summed E-state index contributed by atoms with van der Waals surface area (Å²) < 4.78 is 42.3. The number of halogens is 3. The number of hydrogen-bond donors (Lipinski definition) is 4. The Balaban J connectivity index is 0.000000417. The Morgan fingerprint density at radius 1 is 0.863 bits per heavy atom. The number of nitrogens with zero attached hydrogens (tertiary/aromatic N) is 5. The predicted octanol–water partition coefficient (Wildman–Crippen LogP) is 7.85. The first-order chi connectivity index (χ1) is 24.3. The number of carboxylic acids is 2. The fourth-order valence-corrected chi connectivity index (χ4v) is 4.78. The minimum atomic E-state index is -4.60. The normalized spacial score (nSPS) is 10.9. The first kappa shape index (κ1) is 37.7. The number of amides is 1. The molecule has 5 rings (SSSR count). The number of unbranched alkanes of at least 4 members (excludes halogenated alkanes) is 3. The van der Waals surface area contributed by atoms with Gasteiger partial charge in [0, 0.05) is 65.8 Å². The summed E-state index contributed by atoms with van der Waals surface area (Å²) in [7, 11) is 0. The maximum Gasteiger partial charge on any atom is 0.416 e. The summed E-state index contributed by atoms with van der Waals surface area (Å²) in [6, 6.07) is 13.7. The summed E-state index contributed by atoms with van der Waals surface area (Å²) in [5.41, 5.74) is 3.09. The van der Waals surface area contributed by atoms with Gasteiger partial charge in [0.15, 0.2) is 0 Å². The highest BCUT2D eigenvalue weighted by Crippen LogP contribution is 2.33. The van der Waals surface area contributed by atoms with Gasteiger partial charge in [-0.05, 0) is 80.8 Å². The summed E-state index contributed by atoms with van der Waals surface area (Å²) in [4.78, 5) is 50.2. The number of hydrogen-bond acceptors (Lipinski definition) is 8. The van der Waals surface area contributed by atoms with Crippen molar-refractivity contribution in [1.82, 2.24) is 24.5 Å². The molecule has 0 bridgehead atoms. The molecule has 0 radical (unpaired) electrons. The number of alkyl halides is 3. The Hall–Kier alpha value is -6.12. The molecule has 5 aromatic rings. The lowest BCUT2D eigenvalue weighted by Crippen LogP contribution is -2.14. The SMILES string of the molecule is Cc1cn(-c2cc(NC(=O)c3ccc(C)c(Nc4nccc(-c5cccnc5)n4)c3)cc(C(F)(F)F)c2)cn1.O=C(O)CCCCCCC(=O)O. The molecular formula is C36H36F3N7O5. The summed E-state index contributed by atoms with van der Waals surface area (Å²) >= 11 is 0. The van der Waals surface area contributed by atoms with Crippen LogP contribution < -0.4 is 10.6 Å². The van der Waals surface area contributed by atoms with Crippen molar-refractivity contribution in [3.63, 3.8) is 0 Å². The topological polar surface area (TPSA) is 172 Å². The molecule has 0 fully saturated rings. The largest absolute Gasteiger partial charge is 0.481 e. The number of carbonyl (C=O) groups excluding carboxylic acids is 1. The van der Waals surface area contributed by atoms with E-state index in [0.29, 0.717) is 35.9 Å². The molecule has 4 N–H and O–H groups in total. The number of aryl methyl sites for hydroxylation is 2. The third kappa shape index (κ3) is 11.8. The van der Waals surface area contributed by atoms with E-state index in [0.717, 1.165) is 36.1 Å². The molecule has 0 saturated heterocycles. The second kappa shape index (κ2) is 17.5. The molecule has 0 aliphatic carbocycles. The van der Waals surface area contributed by atoms with Gasteiger partial charge >= 0.3 is 18.1 Å². The van der Waals surface area contributed by atoms with E-state index in [1.807, 2.05) is 13.0 Å². The molecule has 3 heterocycles. The number of anilines is 3. The maximum absolute atomic E-state index is 13.6. The van der Waals surface area contributed by atoms with Gasteiger partial charge in [-0.1, -0.05) is 18.9 Å². The van der Waals surface area contributed by atoms with E-state index in [-0.39, 0.29) is 29.8 Å². The number of benzene rings is 2. The van der Waals surface area contributed by atoms with Crippen molar-refractivity contribution in [2.24, 2.45) is 0 Å². The third-order valence-electron chi connectivity index (χ3n) is 7.40. The minimum absolute atomic E-state index is 0.00114. The van der Waals surface area contributed by atoms with Crippen molar-refractivity contribution in [3.05, 3.63) is 108 Å². The summed E-state index contributed by atoms with van der Waals surface area (Å²) in [5, 5.41) is 22.2. The minimum Gasteiger partial charge on any atom is -0.481 e. The van der Waals surface area contributed by atoms with Gasteiger partial charge in [0.25, 0.3) is 5.91 Å². The number of nitrogens with one attached hydrogen (secondary N) is 2. The average Bonchev–Trinajstić information content (AvgIpc) is 3.53. The number of aliphatic carboxylic acids is 2. The molecule has 2 aromatic carbocycles. The van der Waals surface area contributed by atoms with Crippen LogP contribution in [0.3, 0.4) is 0 Å². The van der Waals surface area contributed by atoms with Crippen LogP contribution in [0.4, 0.5) is 30.5 Å². The van der Waals surface area contributed by atoms with Crippen LogP contribution in [0.2, 0.25) is 0 Å². The number of carboxylic acid groups (broad SMARTS) is 2. The van der Waals surface area contributed by atoms with Gasteiger partial charge in [-0.3, -0.25) is 19.4 Å². The molecule has 15 heteroatoms. The van der Waals surface area contributed by atoms with Crippen LogP contribution >= 0.6 is 0 Å². The number of pyridine rings is 1. The van der Waals surface area contributed by atoms with Crippen molar-refractivity contribution in [2.75, 3.05) is 10.6 Å². The van der Waals surface area contributed by atoms with Crippen LogP contribution in [0.15, 0.2) is 85.7 Å². The highest BCUT2D eigenvalue weighted by Gasteiger charge is 2.31. The van der Waals surface area contributed by atoms with Gasteiger partial charge in [-0.15, -0.1) is 0 Å². The van der Waals surface area contributed by atoms with Crippen molar-refractivity contribution in [1.29, 1.82) is 0 Å². The van der Waals surface area contributed by atoms with Gasteiger partial charge in [-0.25, -0.2) is 15.0 Å². The van der Waals surface area contributed by atoms with Gasteiger partial charge in [0.2, 0.25) is 5.95 Å². The van der Waals surface area contributed by atoms with Crippen LogP contribution in [-0.2, 0) is 15.8 Å². The third-order valence-corrected chi connectivity index (χ3v) is 7.40. The highest BCUT2D eigenvalue weighted by molar-refractivity contribution is 6.05. The van der Waals surface area contributed by atoms with Crippen LogP contribution in [0, 0.1) is 13.8 Å². The lowest BCUT2D eigenvalue weighted by Gasteiger charge is -2.14. The van der Waals surface area contributed by atoms with Crippen LogP contribution in [0.1, 0.15) is 65.7 Å². The van der Waals surface area contributed by atoms with E-state index in [9.17, 15) is 27.6 Å². The molecule has 51 heavy (non-hydrogen) atoms. The summed E-state index contributed by atoms with van der Waals surface area (Å²) in [5.74, 6) is -1.83. The Kier molecular flexibility index (Phi) is 12.9. The average molecular weight is 704 g/mol. The van der Waals surface area contributed by atoms with Crippen molar-refractivity contribution in [3.8, 4) is 16.9 Å². The lowest BCUT2D eigenvalue weighted by molar-refractivity contribution is -0.138. The number of aromatic nitrogens is 5. The van der Waals surface area contributed by atoms with Gasteiger partial charge in [-0.2, -0.15) is 13.2 Å². The molecule has 1 amide bonds. The number of rotatable bonds is 13. The van der Waals surface area contributed by atoms with Gasteiger partial charge < -0.3 is 25.4 Å². The van der Waals surface area contributed by atoms with Crippen LogP contribution in [0.5, 0.6) is 0 Å². The van der Waals surface area contributed by atoms with Gasteiger partial charge in [0.05, 0.1) is 23.3 Å². The molecule has 0 saturated carbocycles. The van der Waals surface area contributed by atoms with E-state index in [1.54, 1.807) is 62.0 Å². The van der Waals surface area contributed by atoms with E-state index >= 15 is 0 Å². The Morgan fingerprint density at radius 2 is 1.59 bits per heavy atom. The van der Waals surface area contributed by atoms with E-state index in [2.05, 4.69) is 30.6 Å². The zero-order valence-electron chi connectivity index (χ0n) is 27.8. The first-order valence-corrected chi connectivity index (χ1v) is 15.9. The molecule has 0 unspecified atom stereocenters. The molecular weight excluding hydrogens is 667 g/mol. The van der Waals surface area contributed by atoms with Crippen molar-refractivity contribution < 1.29 is 37.8 Å². The quantitative estimate of drug-likeness (QED) is 0.0885. The molecule has 266 valence electrons. The van der Waals surface area contributed by atoms with E-state index in [1.165, 1.54) is 17.0 Å². The summed E-state index contributed by atoms with van der Waals surface area (Å²) in [6.07, 6.45) is 6.67. The van der Waals surface area contributed by atoms with E-state index in [4.69, 9.17) is 10.2 Å². The van der Waals surface area contributed by atoms with Crippen LogP contribution in [0.25, 0.3) is 16.9 Å². The lowest BCUT2D eigenvalue weighted by atomic mass is 10.1. The molecule has 0 atom stereocenters. The second-order valence-corrected chi connectivity index (χ2v) is 11.5. The first-order valence-electron chi connectivity index (χ1n) is 15.9. The van der Waals surface area contributed by atoms with Crippen molar-refractivity contribution >= 4 is 35.2 Å². The maximum atomic E-state index is 13.6. The standard InChI is InChI=1S/C28H22F3N7O.C8H14O4/c1-17-5-6-19(10-25(17)37-27-33-9-7-24(36-27)20-4-3-8-32-14-20)26(39)35-22-11-21(28(29,30)31)12-23(13-22)38-15-18(2)34-16-38;9-7(10)5-3-1-2-4-6-8(11)12/h3-16H,1-2H3,(H,35,39)(H,33,36,37);1-6H2,(H,9,10)(H,11,12). The molecule has 0 aliphatic rings. The molecule has 0 aliphatic heterocycles. The van der Waals surface area contributed by atoms with Crippen molar-refractivity contribution in [2.45, 2.75) is 58.5 Å². The summed E-state index contributed by atoms with van der Waals surface area (Å²) in [6.45, 7) is 3.58. The van der Waals surface area contributed by atoms with Gasteiger partial charge in [0.1, 0.15) is 0 Å². The Labute approximate surface area is 291 Å². The second-order valence-electron chi connectivity index (χ2n) is 11.5. The zero-order valence-corrected chi connectivity index (χ0v) is 27.8. The Bertz CT molecular complexity index is 1950. The number of imidazole rings is 1. The zero-order chi connectivity index (χ0) is 37.0. The smallest absolute Gasteiger partial charge is 0.416 e. The van der Waals surface area contributed by atoms with E-state index < -0.39 is 29.6 Å². The van der Waals surface area contributed by atoms with Crippen LogP contribution in [-0.4, -0.2) is 52.6 Å². The fraction of sp³-hybridized carbons (Fsp3) is 0.250. The monoisotopic (exact) mass is 703 g/mol. The highest BCUT2D eigenvalue weighted by atomic mass is 19.4.